The molecule has 28 heavy (non-hydrogen) atoms. The highest BCUT2D eigenvalue weighted by atomic mass is 32.2. The molecule has 0 saturated carbocycles. The van der Waals surface area contributed by atoms with Crippen molar-refractivity contribution in [2.75, 3.05) is 6.26 Å². The van der Waals surface area contributed by atoms with Gasteiger partial charge in [0.05, 0.1) is 29.0 Å². The van der Waals surface area contributed by atoms with Crippen molar-refractivity contribution in [1.29, 1.82) is 5.26 Å². The lowest BCUT2D eigenvalue weighted by atomic mass is 10.1. The third-order valence-corrected chi connectivity index (χ3v) is 4.45. The molecule has 0 spiro atoms. The number of nitrogens with zero attached hydrogens (tertiary/aromatic N) is 3. The van der Waals surface area contributed by atoms with Crippen LogP contribution in [0.15, 0.2) is 47.4 Å². The van der Waals surface area contributed by atoms with Gasteiger partial charge in [0.25, 0.3) is 11.5 Å². The van der Waals surface area contributed by atoms with Gasteiger partial charge in [0.1, 0.15) is 0 Å². The summed E-state index contributed by atoms with van der Waals surface area (Å²) in [4.78, 5) is 28.7. The highest BCUT2D eigenvalue weighted by molar-refractivity contribution is 7.89. The Hall–Kier alpha value is -3.71. The Kier molecular flexibility index (Phi) is 4.85. The molecule has 142 valence electrons. The normalized spacial score (nSPS) is 11.0. The van der Waals surface area contributed by atoms with Crippen LogP contribution in [0, 0.1) is 18.3 Å². The molecule has 0 aliphatic heterocycles. The van der Waals surface area contributed by atoms with Crippen LogP contribution in [-0.2, 0) is 10.0 Å². The number of carbonyl (C=O) groups excluding carboxylic acids is 1. The standard InChI is InChI=1S/C18H15N5O4S/c1-11-16(13-5-3-12(9-19)4-6-13)18(25)23(21-11)15-8-7-14(10-20-15)17(24)22-28(2,26)27/h3-8,10,21H,1-2H3,(H,22,24). The Morgan fingerprint density at radius 2 is 1.89 bits per heavy atom. The molecule has 0 radical (unpaired) electrons. The topological polar surface area (TPSA) is 138 Å². The average molecular weight is 397 g/mol. The molecule has 1 amide bonds. The summed E-state index contributed by atoms with van der Waals surface area (Å²) >= 11 is 0. The number of pyridine rings is 1. The smallest absolute Gasteiger partial charge is 0.280 e. The minimum atomic E-state index is -3.69. The lowest BCUT2D eigenvalue weighted by Crippen LogP contribution is -2.29. The van der Waals surface area contributed by atoms with Crippen molar-refractivity contribution in [2.45, 2.75) is 6.92 Å². The summed E-state index contributed by atoms with van der Waals surface area (Å²) < 4.78 is 25.4. The molecule has 0 fully saturated rings. The largest absolute Gasteiger partial charge is 0.293 e. The van der Waals surface area contributed by atoms with Gasteiger partial charge in [0.15, 0.2) is 5.82 Å². The van der Waals surface area contributed by atoms with Crippen LogP contribution in [0.25, 0.3) is 16.9 Å². The van der Waals surface area contributed by atoms with E-state index in [1.165, 1.54) is 23.0 Å². The Labute approximate surface area is 160 Å². The van der Waals surface area contributed by atoms with Gasteiger partial charge in [-0.15, -0.1) is 0 Å². The summed E-state index contributed by atoms with van der Waals surface area (Å²) in [5, 5.41) is 11.8. The summed E-state index contributed by atoms with van der Waals surface area (Å²) in [6, 6.07) is 11.4. The van der Waals surface area contributed by atoms with Gasteiger partial charge in [0, 0.05) is 11.9 Å². The highest BCUT2D eigenvalue weighted by Crippen LogP contribution is 2.20. The van der Waals surface area contributed by atoms with E-state index in [0.29, 0.717) is 22.4 Å². The number of rotatable bonds is 4. The van der Waals surface area contributed by atoms with Gasteiger partial charge in [-0.1, -0.05) is 12.1 Å². The van der Waals surface area contributed by atoms with E-state index in [-0.39, 0.29) is 16.9 Å². The fraction of sp³-hybridized carbons (Fsp3) is 0.111. The van der Waals surface area contributed by atoms with Crippen LogP contribution in [0.2, 0.25) is 0 Å². The number of hydrogen-bond acceptors (Lipinski definition) is 6. The molecule has 0 unspecified atom stereocenters. The number of nitrogens with one attached hydrogen (secondary N) is 2. The highest BCUT2D eigenvalue weighted by Gasteiger charge is 2.16. The zero-order valence-corrected chi connectivity index (χ0v) is 15.7. The second-order valence-corrected chi connectivity index (χ2v) is 7.80. The molecular weight excluding hydrogens is 382 g/mol. The number of benzene rings is 1. The number of aromatic amines is 1. The van der Waals surface area contributed by atoms with E-state index in [2.05, 4.69) is 10.1 Å². The third kappa shape index (κ3) is 3.84. The van der Waals surface area contributed by atoms with Crippen LogP contribution in [0.3, 0.4) is 0 Å². The first kappa shape index (κ1) is 19.1. The molecule has 3 aromatic rings. The average Bonchev–Trinajstić information content (AvgIpc) is 2.95. The Balaban J connectivity index is 1.96. The summed E-state index contributed by atoms with van der Waals surface area (Å²) in [6.45, 7) is 1.74. The van der Waals surface area contributed by atoms with Crippen LogP contribution in [0.5, 0.6) is 0 Å². The van der Waals surface area contributed by atoms with Gasteiger partial charge in [-0.2, -0.15) is 5.26 Å². The van der Waals surface area contributed by atoms with Gasteiger partial charge < -0.3 is 0 Å². The van der Waals surface area contributed by atoms with E-state index >= 15 is 0 Å². The fourth-order valence-corrected chi connectivity index (χ4v) is 3.09. The summed E-state index contributed by atoms with van der Waals surface area (Å²) in [6.07, 6.45) is 2.05. The molecule has 2 heterocycles. The van der Waals surface area contributed by atoms with Gasteiger partial charge >= 0.3 is 0 Å². The van der Waals surface area contributed by atoms with Crippen molar-refractivity contribution in [3.8, 4) is 23.0 Å². The number of H-pyrrole nitrogens is 1. The van der Waals surface area contributed by atoms with Crippen LogP contribution in [-0.4, -0.2) is 35.3 Å². The lowest BCUT2D eigenvalue weighted by Gasteiger charge is -2.04. The van der Waals surface area contributed by atoms with Crippen molar-refractivity contribution in [3.63, 3.8) is 0 Å². The Bertz CT molecular complexity index is 1250. The maximum absolute atomic E-state index is 12.8. The van der Waals surface area contributed by atoms with E-state index < -0.39 is 15.9 Å². The minimum Gasteiger partial charge on any atom is -0.293 e. The lowest BCUT2D eigenvalue weighted by molar-refractivity contribution is 0.0981. The molecular formula is C18H15N5O4S. The summed E-state index contributed by atoms with van der Waals surface area (Å²) in [7, 11) is -3.69. The quantitative estimate of drug-likeness (QED) is 0.676. The molecule has 0 bridgehead atoms. The second kappa shape index (κ2) is 7.13. The molecule has 2 N–H and O–H groups in total. The molecule has 1 aromatic carbocycles. The number of aromatic nitrogens is 3. The number of aryl methyl sites for hydroxylation is 1. The molecule has 0 atom stereocenters. The predicted octanol–water partition coefficient (Wildman–Crippen LogP) is 1.10. The zero-order valence-electron chi connectivity index (χ0n) is 14.9. The Morgan fingerprint density at radius 3 is 2.43 bits per heavy atom. The number of hydrogen-bond donors (Lipinski definition) is 2. The zero-order chi connectivity index (χ0) is 20.5. The molecule has 3 rings (SSSR count). The molecule has 10 heteroatoms. The van der Waals surface area contributed by atoms with E-state index in [0.717, 1.165) is 6.26 Å². The number of sulfonamides is 1. The Morgan fingerprint density at radius 1 is 1.21 bits per heavy atom. The number of carbonyl (C=O) groups is 1. The van der Waals surface area contributed by atoms with Crippen molar-refractivity contribution >= 4 is 15.9 Å². The van der Waals surface area contributed by atoms with Crippen molar-refractivity contribution in [3.05, 3.63) is 69.8 Å². The summed E-state index contributed by atoms with van der Waals surface area (Å²) in [5.74, 6) is -0.571. The first-order valence-corrected chi connectivity index (χ1v) is 9.89. The maximum Gasteiger partial charge on any atom is 0.280 e. The van der Waals surface area contributed by atoms with E-state index in [1.54, 1.807) is 31.2 Å². The first-order valence-electron chi connectivity index (χ1n) is 8.00. The van der Waals surface area contributed by atoms with Gasteiger partial charge in [-0.25, -0.2) is 22.8 Å². The fourth-order valence-electron chi connectivity index (χ4n) is 2.64. The van der Waals surface area contributed by atoms with E-state index in [1.807, 2.05) is 10.8 Å². The van der Waals surface area contributed by atoms with Gasteiger partial charge in [0.2, 0.25) is 10.0 Å². The molecule has 9 nitrogen and oxygen atoms in total. The predicted molar refractivity (Wildman–Crippen MR) is 101 cm³/mol. The van der Waals surface area contributed by atoms with E-state index in [9.17, 15) is 18.0 Å². The summed E-state index contributed by atoms with van der Waals surface area (Å²) in [5.41, 5.74) is 1.88. The maximum atomic E-state index is 12.8. The van der Waals surface area contributed by atoms with Gasteiger partial charge in [-0.05, 0) is 36.8 Å². The molecule has 2 aromatic heterocycles. The number of nitriles is 1. The van der Waals surface area contributed by atoms with E-state index in [4.69, 9.17) is 5.26 Å². The molecule has 0 aliphatic carbocycles. The van der Waals surface area contributed by atoms with Crippen molar-refractivity contribution in [2.24, 2.45) is 0 Å². The van der Waals surface area contributed by atoms with Crippen LogP contribution in [0.4, 0.5) is 0 Å². The molecule has 0 aliphatic rings. The van der Waals surface area contributed by atoms with Crippen LogP contribution >= 0.6 is 0 Å². The van der Waals surface area contributed by atoms with Gasteiger partial charge in [-0.3, -0.25) is 14.7 Å². The van der Waals surface area contributed by atoms with Crippen LogP contribution < -0.4 is 10.3 Å². The first-order chi connectivity index (χ1) is 13.2. The van der Waals surface area contributed by atoms with Crippen molar-refractivity contribution in [1.82, 2.24) is 19.5 Å². The number of amides is 1. The van der Waals surface area contributed by atoms with Crippen molar-refractivity contribution < 1.29 is 13.2 Å². The van der Waals surface area contributed by atoms with Crippen LogP contribution in [0.1, 0.15) is 21.6 Å². The SMILES string of the molecule is Cc1[nH]n(-c2ccc(C(=O)NS(C)(=O)=O)cn2)c(=O)c1-c1ccc(C#N)cc1. The minimum absolute atomic E-state index is 0.0396. The molecule has 0 saturated heterocycles. The third-order valence-electron chi connectivity index (χ3n) is 3.89. The second-order valence-electron chi connectivity index (χ2n) is 6.05. The monoisotopic (exact) mass is 397 g/mol.